The number of amides is 1. The molecule has 2 aliphatic heterocycles. The molecule has 0 unspecified atom stereocenters. The summed E-state index contributed by atoms with van der Waals surface area (Å²) >= 11 is 6.46. The van der Waals surface area contributed by atoms with E-state index < -0.39 is 21.2 Å². The highest BCUT2D eigenvalue weighted by Gasteiger charge is 2.45. The van der Waals surface area contributed by atoms with Crippen LogP contribution in [0.5, 0.6) is 5.75 Å². The Bertz CT molecular complexity index is 1830. The summed E-state index contributed by atoms with van der Waals surface area (Å²) in [7, 11) is -2.45. The van der Waals surface area contributed by atoms with Crippen molar-refractivity contribution in [3.05, 3.63) is 106 Å². The van der Waals surface area contributed by atoms with Crippen LogP contribution in [0.25, 0.3) is 0 Å². The molecule has 50 heavy (non-hydrogen) atoms. The minimum atomic E-state index is -4.13. The molecule has 2 aliphatic carbocycles. The van der Waals surface area contributed by atoms with Crippen molar-refractivity contribution in [2.45, 2.75) is 62.2 Å². The molecule has 4 aliphatic rings. The van der Waals surface area contributed by atoms with Gasteiger partial charge in [-0.2, -0.15) is 0 Å². The number of nitrogens with zero attached hydrogens (tertiary/aromatic N) is 1. The molecule has 1 N–H and O–H groups in total. The van der Waals surface area contributed by atoms with E-state index in [9.17, 15) is 13.2 Å². The Hall–Kier alpha value is -3.37. The predicted octanol–water partition coefficient (Wildman–Crippen LogP) is 7.27. The normalized spacial score (nSPS) is 29.8. The lowest BCUT2D eigenvalue weighted by Crippen LogP contribution is -2.49. The van der Waals surface area contributed by atoms with Gasteiger partial charge in [-0.1, -0.05) is 67.1 Å². The molecule has 1 amide bonds. The molecule has 3 aromatic rings. The average molecular weight is 719 g/mol. The number of nitrogens with one attached hydrogen (secondary N) is 1. The van der Waals surface area contributed by atoms with Gasteiger partial charge >= 0.3 is 0 Å². The number of halogens is 1. The molecular weight excluding hydrogens is 672 g/mol. The van der Waals surface area contributed by atoms with Crippen LogP contribution in [-0.2, 0) is 31.3 Å². The number of carbonyl (C=O) groups is 1. The molecule has 0 saturated heterocycles. The number of allylic oxidation sites excluding steroid dienone is 1. The van der Waals surface area contributed by atoms with Crippen molar-refractivity contribution in [2.24, 2.45) is 17.8 Å². The smallest absolute Gasteiger partial charge is 0.264 e. The van der Waals surface area contributed by atoms with E-state index in [1.165, 1.54) is 11.1 Å². The number of hydrogen-bond acceptors (Lipinski definition) is 7. The van der Waals surface area contributed by atoms with E-state index in [0.29, 0.717) is 50.0 Å². The number of sulfonamides is 1. The van der Waals surface area contributed by atoms with Crippen LogP contribution >= 0.6 is 11.6 Å². The Morgan fingerprint density at radius 2 is 1.90 bits per heavy atom. The second-order valence-electron chi connectivity index (χ2n) is 14.6. The summed E-state index contributed by atoms with van der Waals surface area (Å²) in [6, 6.07) is 20.7. The van der Waals surface area contributed by atoms with E-state index in [1.807, 2.05) is 55.5 Å². The first-order valence-electron chi connectivity index (χ1n) is 17.9. The van der Waals surface area contributed by atoms with Gasteiger partial charge in [0, 0.05) is 36.2 Å². The Kier molecular flexibility index (Phi) is 10.3. The number of anilines is 1. The minimum absolute atomic E-state index is 0.129. The Labute approximate surface area is 301 Å². The zero-order chi connectivity index (χ0) is 34.9. The molecule has 1 saturated carbocycles. The molecule has 2 heterocycles. The van der Waals surface area contributed by atoms with Gasteiger partial charge in [-0.05, 0) is 103 Å². The van der Waals surface area contributed by atoms with Crippen molar-refractivity contribution >= 4 is 33.2 Å². The first-order chi connectivity index (χ1) is 24.2. The third kappa shape index (κ3) is 7.07. The van der Waals surface area contributed by atoms with Crippen LogP contribution < -0.4 is 14.4 Å². The lowest BCUT2D eigenvalue weighted by Gasteiger charge is -2.46. The summed E-state index contributed by atoms with van der Waals surface area (Å²) in [4.78, 5) is 16.3. The van der Waals surface area contributed by atoms with Crippen molar-refractivity contribution in [2.75, 3.05) is 44.9 Å². The summed E-state index contributed by atoms with van der Waals surface area (Å²) in [6.45, 7) is 4.87. The van der Waals surface area contributed by atoms with E-state index in [0.717, 1.165) is 49.4 Å². The molecule has 1 fully saturated rings. The minimum Gasteiger partial charge on any atom is -0.490 e. The van der Waals surface area contributed by atoms with Crippen LogP contribution in [0.4, 0.5) is 5.69 Å². The maximum Gasteiger partial charge on any atom is 0.264 e. The summed E-state index contributed by atoms with van der Waals surface area (Å²) < 4.78 is 49.1. The van der Waals surface area contributed by atoms with Crippen LogP contribution in [-0.4, -0.2) is 60.4 Å². The molecule has 0 aromatic heterocycles. The van der Waals surface area contributed by atoms with Gasteiger partial charge in [0.25, 0.3) is 5.91 Å². The van der Waals surface area contributed by atoms with Crippen molar-refractivity contribution < 1.29 is 27.4 Å². The molecule has 10 heteroatoms. The molecule has 1 spiro atoms. The maximum absolute atomic E-state index is 14.1. The molecular formula is C40H47ClN2O6S. The van der Waals surface area contributed by atoms with Gasteiger partial charge in [-0.15, -0.1) is 0 Å². The van der Waals surface area contributed by atoms with Gasteiger partial charge < -0.3 is 19.1 Å². The molecule has 266 valence electrons. The summed E-state index contributed by atoms with van der Waals surface area (Å²) in [6.07, 6.45) is 9.65. The first kappa shape index (κ1) is 35.1. The maximum atomic E-state index is 14.1. The zero-order valence-corrected chi connectivity index (χ0v) is 30.4. The monoisotopic (exact) mass is 718 g/mol. The van der Waals surface area contributed by atoms with Gasteiger partial charge in [0.15, 0.2) is 0 Å². The van der Waals surface area contributed by atoms with Crippen LogP contribution in [0, 0.1) is 17.8 Å². The van der Waals surface area contributed by atoms with Crippen LogP contribution in [0.1, 0.15) is 71.3 Å². The van der Waals surface area contributed by atoms with Crippen molar-refractivity contribution in [1.82, 2.24) is 4.72 Å². The lowest BCUT2D eigenvalue weighted by molar-refractivity contribution is -0.0309. The van der Waals surface area contributed by atoms with Crippen molar-refractivity contribution in [1.29, 1.82) is 0 Å². The number of aryl methyl sites for hydroxylation is 1. The van der Waals surface area contributed by atoms with Crippen molar-refractivity contribution in [3.8, 4) is 5.75 Å². The van der Waals surface area contributed by atoms with E-state index in [4.69, 9.17) is 25.8 Å². The zero-order valence-electron chi connectivity index (χ0n) is 28.9. The second kappa shape index (κ2) is 14.7. The van der Waals surface area contributed by atoms with E-state index in [-0.39, 0.29) is 28.9 Å². The highest BCUT2D eigenvalue weighted by molar-refractivity contribution is 7.90. The third-order valence-corrected chi connectivity index (χ3v) is 13.4. The fraction of sp³-hybridized carbons (Fsp3) is 0.475. The average Bonchev–Trinajstić information content (AvgIpc) is 3.23. The van der Waals surface area contributed by atoms with Gasteiger partial charge in [0.1, 0.15) is 11.0 Å². The van der Waals surface area contributed by atoms with Crippen LogP contribution in [0.3, 0.4) is 0 Å². The van der Waals surface area contributed by atoms with Gasteiger partial charge in [-0.3, -0.25) is 4.79 Å². The molecule has 8 nitrogen and oxygen atoms in total. The standard InChI is InChI=1S/C40H47ClN2O6S/c1-27-8-6-12-36(48-21-20-47-2)33-16-13-31(33)24-43-25-40(19-7-11-29-22-32(41)15-17-34(29)40)26-49-37-18-14-30(23-35(37)43)39(44)42-50(45,46)38(27)28-9-4-3-5-10-28/h3-6,9-10,12,14-15,17-18,22-23,27,31,33,36,38H,7-8,11,13,16,19-21,24-26H2,1-2H3,(H,42,44)/b12-6+/t27-,31-,33+,36-,38+,40-/m0/s1. The second-order valence-corrected chi connectivity index (χ2v) is 16.8. The van der Waals surface area contributed by atoms with E-state index in [2.05, 4.69) is 33.9 Å². The van der Waals surface area contributed by atoms with Crippen molar-refractivity contribution in [3.63, 3.8) is 0 Å². The fourth-order valence-electron chi connectivity index (χ4n) is 8.64. The summed E-state index contributed by atoms with van der Waals surface area (Å²) in [5, 5.41) is -0.196. The predicted molar refractivity (Wildman–Crippen MR) is 197 cm³/mol. The number of rotatable bonds is 5. The molecule has 0 radical (unpaired) electrons. The molecule has 2 bridgehead atoms. The molecule has 6 atom stereocenters. The Morgan fingerprint density at radius 3 is 2.68 bits per heavy atom. The number of ether oxygens (including phenoxy) is 3. The number of fused-ring (bicyclic) bond motifs is 4. The highest BCUT2D eigenvalue weighted by Crippen LogP contribution is 2.47. The van der Waals surface area contributed by atoms with Gasteiger partial charge in [0.05, 0.1) is 31.6 Å². The molecule has 3 aromatic carbocycles. The van der Waals surface area contributed by atoms with Crippen LogP contribution in [0.15, 0.2) is 78.9 Å². The largest absolute Gasteiger partial charge is 0.490 e. The number of carbonyl (C=O) groups excluding carboxylic acids is 1. The number of methoxy groups -OCH3 is 1. The first-order valence-corrected chi connectivity index (χ1v) is 19.8. The quantitative estimate of drug-likeness (QED) is 0.219. The Balaban J connectivity index is 1.31. The number of hydrogen-bond donors (Lipinski definition) is 1. The summed E-state index contributed by atoms with van der Waals surface area (Å²) in [5.41, 5.74) is 4.00. The number of benzene rings is 3. The topological polar surface area (TPSA) is 94.2 Å². The fourth-order valence-corrected chi connectivity index (χ4v) is 10.6. The van der Waals surface area contributed by atoms with Gasteiger partial charge in [-0.25, -0.2) is 13.1 Å². The molecule has 7 rings (SSSR count). The Morgan fingerprint density at radius 1 is 1.06 bits per heavy atom. The highest BCUT2D eigenvalue weighted by atomic mass is 35.5. The SMILES string of the molecule is COCCO[C@H]1/C=C/C[C@H](C)[C@H](c2ccccc2)S(=O)(=O)NC(=O)c2ccc3c(c2)N(C[C@@H]2CC[C@H]21)C[C@@]1(CCCc2cc(Cl)ccc21)CO3. The summed E-state index contributed by atoms with van der Waals surface area (Å²) in [5.74, 6) is 0.372. The van der Waals surface area contributed by atoms with Crippen LogP contribution in [0.2, 0.25) is 5.02 Å². The van der Waals surface area contributed by atoms with E-state index >= 15 is 0 Å². The third-order valence-electron chi connectivity index (χ3n) is 11.3. The lowest BCUT2D eigenvalue weighted by atomic mass is 9.68. The van der Waals surface area contributed by atoms with Gasteiger partial charge in [0.2, 0.25) is 10.0 Å². The van der Waals surface area contributed by atoms with E-state index in [1.54, 1.807) is 13.2 Å².